The molecule has 3 aliphatic rings. The molecular weight excluding hydrogens is 464 g/mol. The molecule has 2 aromatic rings. The average molecular weight is 497 g/mol. The van der Waals surface area contributed by atoms with E-state index in [1.807, 2.05) is 43.0 Å². The number of carbonyl (C=O) groups is 2. The number of benzene rings is 2. The van der Waals surface area contributed by atoms with E-state index in [4.69, 9.17) is 11.6 Å². The molecule has 3 saturated heterocycles. The number of halogens is 1. The minimum absolute atomic E-state index is 0.0299. The van der Waals surface area contributed by atoms with Gasteiger partial charge in [-0.05, 0) is 67.3 Å². The summed E-state index contributed by atoms with van der Waals surface area (Å²) in [5.41, 5.74) is 2.64. The zero-order valence-corrected chi connectivity index (χ0v) is 21.0. The molecule has 3 aliphatic heterocycles. The van der Waals surface area contributed by atoms with Crippen molar-refractivity contribution in [2.24, 2.45) is 5.92 Å². The number of phenols is 1. The van der Waals surface area contributed by atoms with Crippen molar-refractivity contribution in [3.8, 4) is 5.75 Å². The van der Waals surface area contributed by atoms with Gasteiger partial charge in [0.15, 0.2) is 0 Å². The van der Waals surface area contributed by atoms with Crippen molar-refractivity contribution in [2.75, 3.05) is 42.9 Å². The molecule has 2 bridgehead atoms. The lowest BCUT2D eigenvalue weighted by Crippen LogP contribution is -2.51. The lowest BCUT2D eigenvalue weighted by Gasteiger charge is -2.36. The van der Waals surface area contributed by atoms with E-state index < -0.39 is 0 Å². The summed E-state index contributed by atoms with van der Waals surface area (Å²) in [5.74, 6) is 0.391. The van der Waals surface area contributed by atoms with E-state index in [2.05, 4.69) is 21.2 Å². The lowest BCUT2D eigenvalue weighted by atomic mass is 10.0. The number of amides is 2. The maximum Gasteiger partial charge on any atom is 0.237 e. The van der Waals surface area contributed by atoms with Gasteiger partial charge in [-0.1, -0.05) is 31.5 Å². The van der Waals surface area contributed by atoms with Gasteiger partial charge in [-0.25, -0.2) is 0 Å². The molecule has 5 rings (SSSR count). The van der Waals surface area contributed by atoms with Crippen LogP contribution in [0.25, 0.3) is 0 Å². The third kappa shape index (κ3) is 4.98. The number of hydrogen-bond donors (Lipinski definition) is 2. The predicted molar refractivity (Wildman–Crippen MR) is 138 cm³/mol. The first-order valence-corrected chi connectivity index (χ1v) is 12.8. The van der Waals surface area contributed by atoms with E-state index in [9.17, 15) is 14.7 Å². The number of anilines is 2. The monoisotopic (exact) mass is 496 g/mol. The number of likely N-dealkylation sites (tertiary alicyclic amines) is 2. The van der Waals surface area contributed by atoms with E-state index in [1.165, 1.54) is 0 Å². The van der Waals surface area contributed by atoms with Crippen LogP contribution in [0.5, 0.6) is 5.75 Å². The van der Waals surface area contributed by atoms with Gasteiger partial charge in [0.25, 0.3) is 0 Å². The van der Waals surface area contributed by atoms with Crippen LogP contribution in [0, 0.1) is 5.92 Å². The second kappa shape index (κ2) is 9.70. The SMILES string of the molecule is CC(C)c1cc(NC(=O)[C@@H]2CCN(CC(=O)N3C[C@@H]4C[C@H]3CN4c3cccc(Cl)c3)C2)ccc1O. The summed E-state index contributed by atoms with van der Waals surface area (Å²) in [6.07, 6.45) is 1.73. The van der Waals surface area contributed by atoms with Gasteiger partial charge in [-0.3, -0.25) is 14.5 Å². The Morgan fingerprint density at radius 2 is 1.94 bits per heavy atom. The van der Waals surface area contributed by atoms with Gasteiger partial charge in [-0.15, -0.1) is 0 Å². The summed E-state index contributed by atoms with van der Waals surface area (Å²) in [6, 6.07) is 13.7. The fourth-order valence-electron chi connectivity index (χ4n) is 5.75. The summed E-state index contributed by atoms with van der Waals surface area (Å²) in [4.78, 5) is 32.5. The normalized spacial score (nSPS) is 23.9. The first-order valence-electron chi connectivity index (χ1n) is 12.5. The second-order valence-electron chi connectivity index (χ2n) is 10.4. The highest BCUT2D eigenvalue weighted by Crippen LogP contribution is 2.36. The number of nitrogens with one attached hydrogen (secondary N) is 1. The zero-order chi connectivity index (χ0) is 24.7. The number of phenolic OH excluding ortho intramolecular Hbond substituents is 1. The maximum absolute atomic E-state index is 13.1. The summed E-state index contributed by atoms with van der Waals surface area (Å²) in [5, 5.41) is 13.7. The quantitative estimate of drug-likeness (QED) is 0.593. The highest BCUT2D eigenvalue weighted by Gasteiger charge is 2.45. The van der Waals surface area contributed by atoms with Crippen LogP contribution >= 0.6 is 11.6 Å². The van der Waals surface area contributed by atoms with Crippen LogP contribution in [-0.2, 0) is 9.59 Å². The third-order valence-corrected chi connectivity index (χ3v) is 7.85. The van der Waals surface area contributed by atoms with E-state index in [-0.39, 0.29) is 35.4 Å². The van der Waals surface area contributed by atoms with Gasteiger partial charge in [0.1, 0.15) is 5.75 Å². The predicted octanol–water partition coefficient (Wildman–Crippen LogP) is 3.92. The summed E-state index contributed by atoms with van der Waals surface area (Å²) in [7, 11) is 0. The van der Waals surface area contributed by atoms with Gasteiger partial charge >= 0.3 is 0 Å². The Labute approximate surface area is 211 Å². The van der Waals surface area contributed by atoms with E-state index in [1.54, 1.807) is 12.1 Å². The van der Waals surface area contributed by atoms with Crippen molar-refractivity contribution in [3.05, 3.63) is 53.1 Å². The molecule has 186 valence electrons. The van der Waals surface area contributed by atoms with E-state index in [0.29, 0.717) is 24.8 Å². The minimum Gasteiger partial charge on any atom is -0.508 e. The van der Waals surface area contributed by atoms with Crippen LogP contribution in [0.15, 0.2) is 42.5 Å². The lowest BCUT2D eigenvalue weighted by molar-refractivity contribution is -0.133. The fourth-order valence-corrected chi connectivity index (χ4v) is 5.94. The minimum atomic E-state index is -0.146. The van der Waals surface area contributed by atoms with Crippen LogP contribution in [-0.4, -0.2) is 71.5 Å². The molecule has 0 aromatic heterocycles. The van der Waals surface area contributed by atoms with Crippen molar-refractivity contribution in [2.45, 2.75) is 44.7 Å². The molecule has 2 N–H and O–H groups in total. The zero-order valence-electron chi connectivity index (χ0n) is 20.3. The molecule has 0 aliphatic carbocycles. The summed E-state index contributed by atoms with van der Waals surface area (Å²) < 4.78 is 0. The Morgan fingerprint density at radius 3 is 2.66 bits per heavy atom. The molecule has 2 aromatic carbocycles. The van der Waals surface area contributed by atoms with Crippen molar-refractivity contribution >= 4 is 34.8 Å². The Hall–Kier alpha value is -2.77. The summed E-state index contributed by atoms with van der Waals surface area (Å²) in [6.45, 7) is 7.29. The van der Waals surface area contributed by atoms with E-state index >= 15 is 0 Å². The molecule has 35 heavy (non-hydrogen) atoms. The molecule has 0 radical (unpaired) electrons. The Bertz CT molecular complexity index is 1120. The molecule has 8 heteroatoms. The molecular formula is C27H33ClN4O3. The maximum atomic E-state index is 13.1. The first kappa shape index (κ1) is 23.9. The van der Waals surface area contributed by atoms with Gasteiger partial charge in [0.05, 0.1) is 18.5 Å². The molecule has 7 nitrogen and oxygen atoms in total. The molecule has 3 heterocycles. The van der Waals surface area contributed by atoms with Gasteiger partial charge < -0.3 is 20.2 Å². The molecule has 2 amide bonds. The Morgan fingerprint density at radius 1 is 1.11 bits per heavy atom. The fraction of sp³-hybridized carbons (Fsp3) is 0.481. The van der Waals surface area contributed by atoms with Gasteiger partial charge in [-0.2, -0.15) is 0 Å². The number of rotatable bonds is 6. The van der Waals surface area contributed by atoms with Gasteiger partial charge in [0.2, 0.25) is 11.8 Å². The van der Waals surface area contributed by atoms with Crippen LogP contribution in [0.1, 0.15) is 38.2 Å². The van der Waals surface area contributed by atoms with Crippen LogP contribution in [0.4, 0.5) is 11.4 Å². The van der Waals surface area contributed by atoms with Crippen LogP contribution in [0.3, 0.4) is 0 Å². The largest absolute Gasteiger partial charge is 0.508 e. The molecule has 0 saturated carbocycles. The molecule has 0 spiro atoms. The second-order valence-corrected chi connectivity index (χ2v) is 10.8. The van der Waals surface area contributed by atoms with Crippen LogP contribution < -0.4 is 10.2 Å². The molecule has 3 atom stereocenters. The van der Waals surface area contributed by atoms with Crippen molar-refractivity contribution < 1.29 is 14.7 Å². The first-order chi connectivity index (χ1) is 16.8. The number of aromatic hydroxyl groups is 1. The Kier molecular flexibility index (Phi) is 6.64. The standard InChI is InChI=1S/C27H33ClN4O3/c1-17(2)24-11-20(6-7-25(24)33)29-27(35)18-8-9-30(13-18)16-26(34)32-15-22-12-23(32)14-31(22)21-5-3-4-19(28)10-21/h3-7,10-11,17-18,22-23,33H,8-9,12-16H2,1-2H3,(H,29,35)/t18-,22+,23+/m1/s1. The average Bonchev–Trinajstić information content (AvgIpc) is 3.56. The number of hydrogen-bond acceptors (Lipinski definition) is 5. The highest BCUT2D eigenvalue weighted by molar-refractivity contribution is 6.30. The third-order valence-electron chi connectivity index (χ3n) is 7.62. The van der Waals surface area contributed by atoms with Crippen molar-refractivity contribution in [1.82, 2.24) is 9.80 Å². The van der Waals surface area contributed by atoms with Crippen LogP contribution in [0.2, 0.25) is 5.02 Å². The highest BCUT2D eigenvalue weighted by atomic mass is 35.5. The van der Waals surface area contributed by atoms with Crippen molar-refractivity contribution in [1.29, 1.82) is 0 Å². The van der Waals surface area contributed by atoms with E-state index in [0.717, 1.165) is 48.7 Å². The Balaban J connectivity index is 1.12. The van der Waals surface area contributed by atoms with Crippen molar-refractivity contribution in [3.63, 3.8) is 0 Å². The smallest absolute Gasteiger partial charge is 0.237 e. The molecule has 0 unspecified atom stereocenters. The summed E-state index contributed by atoms with van der Waals surface area (Å²) >= 11 is 6.17. The topological polar surface area (TPSA) is 76.1 Å². The van der Waals surface area contributed by atoms with Gasteiger partial charge in [0, 0.05) is 42.1 Å². The number of carbonyl (C=O) groups excluding carboxylic acids is 2. The molecule has 3 fully saturated rings. The number of piperazine rings is 1. The number of fused-ring (bicyclic) bond motifs is 2. The number of nitrogens with zero attached hydrogens (tertiary/aromatic N) is 3.